The maximum absolute atomic E-state index is 16.0. The monoisotopic (exact) mass is 726 g/mol. The maximum atomic E-state index is 16.0. The molecule has 53 heavy (non-hydrogen) atoms. The molecule has 6 aromatic rings. The minimum Gasteiger partial charge on any atom is -0.451 e. The van der Waals surface area contributed by atoms with E-state index in [9.17, 15) is 19.2 Å². The van der Waals surface area contributed by atoms with Crippen LogP contribution in [0.3, 0.4) is 0 Å². The molecule has 10 heteroatoms. The smallest absolute Gasteiger partial charge is 0.256 e. The number of halogens is 1. The number of unbranched alkanes of at least 4 members (excludes halogenated alkanes) is 3. The van der Waals surface area contributed by atoms with Gasteiger partial charge in [0.15, 0.2) is 27.8 Å². The van der Waals surface area contributed by atoms with Gasteiger partial charge in [0.05, 0.1) is 10.9 Å². The minimum atomic E-state index is -0.638. The first-order valence-electron chi connectivity index (χ1n) is 19.3. The summed E-state index contributed by atoms with van der Waals surface area (Å²) in [5.41, 5.74) is -0.164. The molecule has 1 amide bonds. The number of hydrogen-bond acceptors (Lipinski definition) is 7. The van der Waals surface area contributed by atoms with Gasteiger partial charge >= 0.3 is 0 Å². The Bertz CT molecular complexity index is 2350. The van der Waals surface area contributed by atoms with E-state index >= 15 is 4.39 Å². The van der Waals surface area contributed by atoms with Crippen LogP contribution in [0, 0.1) is 5.82 Å². The Morgan fingerprint density at radius 1 is 0.755 bits per heavy atom. The Balaban J connectivity index is 0.000000565. The number of hydrogen-bond donors (Lipinski definition) is 1. The summed E-state index contributed by atoms with van der Waals surface area (Å²) in [5, 5.41) is 3.75. The van der Waals surface area contributed by atoms with Gasteiger partial charge in [-0.15, -0.1) is 0 Å². The first-order chi connectivity index (χ1) is 25.6. The van der Waals surface area contributed by atoms with Gasteiger partial charge in [0, 0.05) is 60.5 Å². The van der Waals surface area contributed by atoms with Gasteiger partial charge in [-0.25, -0.2) is 4.39 Å². The Morgan fingerprint density at radius 2 is 1.32 bits per heavy atom. The summed E-state index contributed by atoms with van der Waals surface area (Å²) in [4.78, 5) is 58.0. The molecule has 1 saturated heterocycles. The summed E-state index contributed by atoms with van der Waals surface area (Å²) < 4.78 is 24.0. The molecule has 2 aromatic heterocycles. The van der Waals surface area contributed by atoms with Crippen LogP contribution in [-0.2, 0) is 0 Å². The third-order valence-corrected chi connectivity index (χ3v) is 9.53. The number of aromatic nitrogens is 1. The number of nitrogens with one attached hydrogen (secondary N) is 1. The summed E-state index contributed by atoms with van der Waals surface area (Å²) in [5.74, 6) is -1.21. The molecule has 0 aliphatic carbocycles. The molecule has 0 saturated carbocycles. The van der Waals surface area contributed by atoms with Gasteiger partial charge in [0.25, 0.3) is 5.91 Å². The molecule has 1 aliphatic rings. The summed E-state index contributed by atoms with van der Waals surface area (Å²) >= 11 is 0. The molecule has 284 valence electrons. The van der Waals surface area contributed by atoms with E-state index < -0.39 is 17.2 Å². The molecule has 9 nitrogen and oxygen atoms in total. The molecule has 0 spiro atoms. The number of piperazine rings is 1. The first-order valence-corrected chi connectivity index (χ1v) is 19.3. The van der Waals surface area contributed by atoms with Crippen LogP contribution >= 0.6 is 0 Å². The number of carbonyl (C=O) groups is 1. The van der Waals surface area contributed by atoms with Gasteiger partial charge in [-0.05, 0) is 31.7 Å². The standard InChI is InChI=1S/C33H29FN4O5.2C4H10.C2H6/c1-3-4-9-35-33(42)23-17-38-25-15-20-21(30(40)19-8-6-5-7-18(19)29(20)39)16-26(25)43-32-27(38)22(31(23)41)14-24(34)28(32)37-12-10-36(2)11-13-37;2*1-3-4-2;1-2/h5-8,14-17H,3-4,9-13H2,1-2H3,(H,35,42);2*3-4H2,1-2H3;1-2H3. The minimum absolute atomic E-state index is 0.00959. The van der Waals surface area contributed by atoms with Gasteiger partial charge in [-0.1, -0.05) is 105 Å². The van der Waals surface area contributed by atoms with Crippen molar-refractivity contribution in [3.8, 4) is 0 Å². The molecule has 4 aromatic carbocycles. The zero-order chi connectivity index (χ0) is 38.8. The Hall–Kier alpha value is -4.83. The molecule has 0 atom stereocenters. The van der Waals surface area contributed by atoms with Gasteiger partial charge in [0.1, 0.15) is 16.8 Å². The number of amides is 1. The van der Waals surface area contributed by atoms with Crippen LogP contribution < -0.4 is 26.5 Å². The number of rotatable bonds is 7. The molecule has 1 aliphatic heterocycles. The predicted molar refractivity (Wildman–Crippen MR) is 219 cm³/mol. The van der Waals surface area contributed by atoms with Crippen molar-refractivity contribution in [2.24, 2.45) is 0 Å². The zero-order valence-corrected chi connectivity index (χ0v) is 32.7. The fourth-order valence-corrected chi connectivity index (χ4v) is 6.16. The van der Waals surface area contributed by atoms with E-state index in [-0.39, 0.29) is 49.4 Å². The Kier molecular flexibility index (Phi) is 14.5. The third kappa shape index (κ3) is 8.38. The number of pyridine rings is 1. The normalized spacial score (nSPS) is 13.0. The van der Waals surface area contributed by atoms with Gasteiger partial charge in [-0.2, -0.15) is 0 Å². The van der Waals surface area contributed by atoms with Gasteiger partial charge < -0.3 is 23.9 Å². The van der Waals surface area contributed by atoms with Crippen LogP contribution in [-0.4, -0.2) is 55.0 Å². The lowest BCUT2D eigenvalue weighted by atomic mass is 10.0. The number of likely N-dealkylation sites (N-methyl/N-ethyl adjacent to an activating group) is 1. The third-order valence-electron chi connectivity index (χ3n) is 9.53. The maximum Gasteiger partial charge on any atom is 0.256 e. The quantitative estimate of drug-likeness (QED) is 0.0997. The van der Waals surface area contributed by atoms with Gasteiger partial charge in [-0.3, -0.25) is 19.2 Å². The van der Waals surface area contributed by atoms with Crippen molar-refractivity contribution in [1.82, 2.24) is 14.6 Å². The second-order valence-corrected chi connectivity index (χ2v) is 13.2. The second kappa shape index (κ2) is 18.8. The van der Waals surface area contributed by atoms with Crippen molar-refractivity contribution in [3.63, 3.8) is 0 Å². The van der Waals surface area contributed by atoms with E-state index in [0.29, 0.717) is 54.5 Å². The van der Waals surface area contributed by atoms with Crippen LogP contribution in [0.25, 0.3) is 49.1 Å². The zero-order valence-electron chi connectivity index (χ0n) is 32.7. The molecule has 0 unspecified atom stereocenters. The highest BCUT2D eigenvalue weighted by Gasteiger charge is 2.27. The van der Waals surface area contributed by atoms with E-state index in [4.69, 9.17) is 4.42 Å². The van der Waals surface area contributed by atoms with E-state index in [1.807, 2.05) is 32.7 Å². The lowest BCUT2D eigenvalue weighted by molar-refractivity contribution is 0.0951. The number of benzene rings is 4. The molecule has 0 radical (unpaired) electrons. The lowest BCUT2D eigenvalue weighted by Gasteiger charge is -2.34. The molecule has 1 fully saturated rings. The van der Waals surface area contributed by atoms with Gasteiger partial charge in [0.2, 0.25) is 5.43 Å². The fourth-order valence-electron chi connectivity index (χ4n) is 6.16. The first kappa shape index (κ1) is 40.9. The summed E-state index contributed by atoms with van der Waals surface area (Å²) in [6.45, 7) is 17.6. The van der Waals surface area contributed by atoms with E-state index in [2.05, 4.69) is 37.9 Å². The van der Waals surface area contributed by atoms with Crippen LogP contribution in [0.4, 0.5) is 10.1 Å². The highest BCUT2D eigenvalue weighted by molar-refractivity contribution is 6.08. The fraction of sp³-hybridized carbons (Fsp3) is 0.442. The van der Waals surface area contributed by atoms with Crippen LogP contribution in [0.15, 0.2) is 67.5 Å². The van der Waals surface area contributed by atoms with Crippen molar-refractivity contribution in [3.05, 3.63) is 90.7 Å². The molecule has 3 heterocycles. The average Bonchev–Trinajstić information content (AvgIpc) is 3.19. The number of nitrogens with zero attached hydrogens (tertiary/aromatic N) is 3. The molecule has 0 bridgehead atoms. The van der Waals surface area contributed by atoms with Crippen LogP contribution in [0.5, 0.6) is 0 Å². The molecule has 7 rings (SSSR count). The highest BCUT2D eigenvalue weighted by atomic mass is 19.1. The summed E-state index contributed by atoms with van der Waals surface area (Å²) in [6.07, 6.45) is 8.30. The SMILES string of the molecule is CC.CCCC.CCCC.CCCCNC(=O)c1cn2c3cc4c(=O)c5ccccc5c(=O)c4cc3oc3c(N4CCN(C)CC4)c(F)cc(c1=O)c32. The van der Waals surface area contributed by atoms with Crippen molar-refractivity contribution >= 4 is 60.7 Å². The molecular formula is C43H55FN4O5. The van der Waals surface area contributed by atoms with Crippen molar-refractivity contribution in [2.75, 3.05) is 44.7 Å². The topological polar surface area (TPSA) is 104 Å². The van der Waals surface area contributed by atoms with Crippen molar-refractivity contribution < 1.29 is 13.6 Å². The summed E-state index contributed by atoms with van der Waals surface area (Å²) in [6, 6.07) is 10.9. The Morgan fingerprint density at radius 3 is 1.87 bits per heavy atom. The highest BCUT2D eigenvalue weighted by Crippen LogP contribution is 2.37. The molecule has 1 N–H and O–H groups in total. The number of carbonyl (C=O) groups excluding carboxylic acids is 1. The number of fused-ring (bicyclic) bond motifs is 4. The van der Waals surface area contributed by atoms with Crippen LogP contribution in [0.1, 0.15) is 97.3 Å². The largest absolute Gasteiger partial charge is 0.451 e. The lowest BCUT2D eigenvalue weighted by Crippen LogP contribution is -2.45. The Labute approximate surface area is 310 Å². The number of anilines is 1. The van der Waals surface area contributed by atoms with Crippen LogP contribution in [0.2, 0.25) is 0 Å². The average molecular weight is 727 g/mol. The van der Waals surface area contributed by atoms with Crippen molar-refractivity contribution in [1.29, 1.82) is 0 Å². The second-order valence-electron chi connectivity index (χ2n) is 13.2. The van der Waals surface area contributed by atoms with Crippen molar-refractivity contribution in [2.45, 2.75) is 87.0 Å². The van der Waals surface area contributed by atoms with E-state index in [1.54, 1.807) is 34.7 Å². The van der Waals surface area contributed by atoms with E-state index in [1.165, 1.54) is 44.0 Å². The molecular weight excluding hydrogens is 671 g/mol. The predicted octanol–water partition coefficient (Wildman–Crippen LogP) is 8.72. The summed E-state index contributed by atoms with van der Waals surface area (Å²) in [7, 11) is 2.00. The van der Waals surface area contributed by atoms with E-state index in [0.717, 1.165) is 12.8 Å².